The van der Waals surface area contributed by atoms with Crippen molar-refractivity contribution in [1.82, 2.24) is 0 Å². The lowest BCUT2D eigenvalue weighted by Crippen LogP contribution is -2.59. The number of fused-ring (bicyclic) bond motifs is 2. The SMILES string of the molecule is CC1=CC[C@@H]2C[C@@H](C[C@]3(C[C@H](O)[C@H](C)[C@@H](/C(C)=C/C(C)C)O3)O2)OC(=O)[C@@H]2C=C(C)[C@@H](O)[C@H]3OCC(=CC=C[C@H](C)C1)[C@]32O. The molecule has 5 aliphatic rings. The van der Waals surface area contributed by atoms with Crippen molar-refractivity contribution in [2.24, 2.45) is 23.7 Å². The molecule has 8 heteroatoms. The Bertz CT molecular complexity index is 1240. The van der Waals surface area contributed by atoms with E-state index in [0.29, 0.717) is 29.9 Å². The third-order valence-electron chi connectivity index (χ3n) is 10.1. The van der Waals surface area contributed by atoms with Crippen LogP contribution >= 0.6 is 0 Å². The maximum absolute atomic E-state index is 14.0. The van der Waals surface area contributed by atoms with E-state index < -0.39 is 47.7 Å². The standard InChI is InChI=1S/C36H52O8/c1-20(2)13-24(6)32-25(7)30(37)18-35(44-32)17-28-16-27(43-35)12-11-22(4)14-21(3)9-8-10-26-19-41-33-31(38)23(5)15-29(34(39)42-28)36(26,33)40/h8-11,13,15,20-21,25,27-33,37-38,40H,12,14,16-19H2,1-7H3/b9-8?,22-11?,24-13+,26-10?/t21-,25-,27+,28-,29-,30-,31+,32+,33+,35-,36+/m0/s1. The van der Waals surface area contributed by atoms with Crippen molar-refractivity contribution < 1.29 is 39.1 Å². The predicted molar refractivity (Wildman–Crippen MR) is 167 cm³/mol. The van der Waals surface area contributed by atoms with Gasteiger partial charge in [0.15, 0.2) is 5.79 Å². The van der Waals surface area contributed by atoms with Gasteiger partial charge in [-0.25, -0.2) is 0 Å². The number of allylic oxidation sites excluding steroid dienone is 5. The smallest absolute Gasteiger partial charge is 0.316 e. The van der Waals surface area contributed by atoms with E-state index in [4.69, 9.17) is 18.9 Å². The van der Waals surface area contributed by atoms with Crippen LogP contribution in [0.3, 0.4) is 0 Å². The second-order valence-electron chi connectivity index (χ2n) is 14.4. The minimum absolute atomic E-state index is 0.109. The van der Waals surface area contributed by atoms with Gasteiger partial charge in [0.05, 0.1) is 24.9 Å². The minimum atomic E-state index is -1.74. The second kappa shape index (κ2) is 13.0. The number of carbonyl (C=O) groups is 1. The molecule has 8 nitrogen and oxygen atoms in total. The summed E-state index contributed by atoms with van der Waals surface area (Å²) in [6.45, 7) is 14.4. The van der Waals surface area contributed by atoms with Crippen LogP contribution in [0, 0.1) is 23.7 Å². The monoisotopic (exact) mass is 612 g/mol. The number of hydrogen-bond donors (Lipinski definition) is 3. The Hall–Kier alpha value is -2.07. The van der Waals surface area contributed by atoms with E-state index >= 15 is 0 Å². The summed E-state index contributed by atoms with van der Waals surface area (Å²) in [5.74, 6) is -2.31. The molecule has 1 spiro atoms. The van der Waals surface area contributed by atoms with Crippen molar-refractivity contribution in [2.75, 3.05) is 6.61 Å². The lowest BCUT2D eigenvalue weighted by Gasteiger charge is -2.51. The highest BCUT2D eigenvalue weighted by molar-refractivity contribution is 5.78. The zero-order valence-corrected chi connectivity index (χ0v) is 27.4. The Labute approximate surface area is 262 Å². The van der Waals surface area contributed by atoms with E-state index in [1.807, 2.05) is 26.0 Å². The van der Waals surface area contributed by atoms with Crippen molar-refractivity contribution in [2.45, 2.75) is 129 Å². The van der Waals surface area contributed by atoms with Crippen LogP contribution in [0.4, 0.5) is 0 Å². The van der Waals surface area contributed by atoms with Crippen LogP contribution in [0.25, 0.3) is 0 Å². The van der Waals surface area contributed by atoms with Crippen LogP contribution in [0.2, 0.25) is 0 Å². The topological polar surface area (TPSA) is 115 Å². The van der Waals surface area contributed by atoms with Crippen molar-refractivity contribution in [3.63, 3.8) is 0 Å². The van der Waals surface area contributed by atoms with Gasteiger partial charge in [0.1, 0.15) is 29.8 Å². The predicted octanol–water partition coefficient (Wildman–Crippen LogP) is 5.09. The molecular formula is C36H52O8. The molecule has 0 aromatic carbocycles. The molecule has 2 bridgehead atoms. The van der Waals surface area contributed by atoms with Gasteiger partial charge in [0, 0.05) is 25.2 Å². The number of aliphatic hydroxyl groups is 3. The molecule has 4 heterocycles. The largest absolute Gasteiger partial charge is 0.462 e. The molecule has 3 N–H and O–H groups in total. The first kappa shape index (κ1) is 33.3. The molecule has 0 unspecified atom stereocenters. The Balaban J connectivity index is 1.52. The second-order valence-corrected chi connectivity index (χ2v) is 14.4. The van der Waals surface area contributed by atoms with Gasteiger partial charge < -0.3 is 34.3 Å². The van der Waals surface area contributed by atoms with Crippen molar-refractivity contribution in [1.29, 1.82) is 0 Å². The fourth-order valence-electron chi connectivity index (χ4n) is 7.85. The van der Waals surface area contributed by atoms with Gasteiger partial charge in [-0.3, -0.25) is 4.79 Å². The van der Waals surface area contributed by atoms with Gasteiger partial charge in [-0.2, -0.15) is 0 Å². The third kappa shape index (κ3) is 6.58. The summed E-state index contributed by atoms with van der Waals surface area (Å²) >= 11 is 0. The molecule has 44 heavy (non-hydrogen) atoms. The summed E-state index contributed by atoms with van der Waals surface area (Å²) in [5.41, 5.74) is 1.64. The lowest BCUT2D eigenvalue weighted by molar-refractivity contribution is -0.342. The molecule has 3 saturated heterocycles. The summed E-state index contributed by atoms with van der Waals surface area (Å²) in [7, 11) is 0. The van der Waals surface area contributed by atoms with E-state index in [9.17, 15) is 20.1 Å². The molecule has 0 aromatic heterocycles. The fraction of sp³-hybridized carbons (Fsp3) is 0.694. The number of esters is 1. The molecule has 0 radical (unpaired) electrons. The van der Waals surface area contributed by atoms with Crippen LogP contribution in [0.1, 0.15) is 80.6 Å². The lowest BCUT2D eigenvalue weighted by atomic mass is 9.71. The number of rotatable bonds is 2. The molecule has 244 valence electrons. The highest BCUT2D eigenvalue weighted by Crippen LogP contribution is 2.47. The summed E-state index contributed by atoms with van der Waals surface area (Å²) < 4.78 is 25.7. The molecular weight excluding hydrogens is 560 g/mol. The van der Waals surface area contributed by atoms with Crippen LogP contribution in [0.5, 0.6) is 0 Å². The molecule has 4 aliphatic heterocycles. The zero-order valence-electron chi connectivity index (χ0n) is 27.4. The molecule has 11 atom stereocenters. The average Bonchev–Trinajstić information content (AvgIpc) is 3.27. The highest BCUT2D eigenvalue weighted by Gasteiger charge is 2.60. The Morgan fingerprint density at radius 1 is 1.11 bits per heavy atom. The van der Waals surface area contributed by atoms with Crippen molar-refractivity contribution in [3.05, 3.63) is 58.7 Å². The summed E-state index contributed by atoms with van der Waals surface area (Å²) in [6, 6.07) is 0. The van der Waals surface area contributed by atoms with E-state index in [2.05, 4.69) is 45.9 Å². The van der Waals surface area contributed by atoms with Crippen molar-refractivity contribution >= 4 is 5.97 Å². The van der Waals surface area contributed by atoms with Gasteiger partial charge in [-0.05, 0) is 62.2 Å². The van der Waals surface area contributed by atoms with E-state index in [-0.39, 0.29) is 43.5 Å². The average molecular weight is 613 g/mol. The summed E-state index contributed by atoms with van der Waals surface area (Å²) in [5, 5.41) is 34.3. The van der Waals surface area contributed by atoms with E-state index in [1.165, 1.54) is 5.57 Å². The minimum Gasteiger partial charge on any atom is -0.462 e. The van der Waals surface area contributed by atoms with Gasteiger partial charge in [0.25, 0.3) is 0 Å². The Morgan fingerprint density at radius 2 is 1.86 bits per heavy atom. The highest BCUT2D eigenvalue weighted by atomic mass is 16.7. The maximum atomic E-state index is 14.0. The molecule has 0 saturated carbocycles. The molecule has 1 aliphatic carbocycles. The number of carbonyl (C=O) groups excluding carboxylic acids is 1. The summed E-state index contributed by atoms with van der Waals surface area (Å²) in [4.78, 5) is 14.0. The first-order valence-electron chi connectivity index (χ1n) is 16.4. The maximum Gasteiger partial charge on any atom is 0.316 e. The number of ether oxygens (including phenoxy) is 4. The number of hydrogen-bond acceptors (Lipinski definition) is 8. The van der Waals surface area contributed by atoms with Gasteiger partial charge in [-0.15, -0.1) is 0 Å². The quantitative estimate of drug-likeness (QED) is 0.292. The molecule has 3 fully saturated rings. The van der Waals surface area contributed by atoms with Gasteiger partial charge in [-0.1, -0.05) is 69.7 Å². The van der Waals surface area contributed by atoms with E-state index in [0.717, 1.165) is 12.0 Å². The van der Waals surface area contributed by atoms with Crippen LogP contribution in [0.15, 0.2) is 58.7 Å². The first-order valence-corrected chi connectivity index (χ1v) is 16.4. The summed E-state index contributed by atoms with van der Waals surface area (Å²) in [6.07, 6.45) is 10.4. The van der Waals surface area contributed by atoms with Crippen LogP contribution in [-0.2, 0) is 23.7 Å². The van der Waals surface area contributed by atoms with Crippen molar-refractivity contribution in [3.8, 4) is 0 Å². The van der Waals surface area contributed by atoms with Gasteiger partial charge in [0.2, 0.25) is 0 Å². The van der Waals surface area contributed by atoms with Crippen LogP contribution in [-0.4, -0.2) is 75.9 Å². The Morgan fingerprint density at radius 3 is 2.59 bits per heavy atom. The zero-order chi connectivity index (χ0) is 32.0. The normalized spacial score (nSPS) is 43.7. The molecule has 5 rings (SSSR count). The number of aliphatic hydroxyl groups excluding tert-OH is 2. The fourth-order valence-corrected chi connectivity index (χ4v) is 7.85. The Kier molecular flexibility index (Phi) is 9.82. The van der Waals surface area contributed by atoms with E-state index in [1.54, 1.807) is 13.0 Å². The molecule has 0 aromatic rings. The first-order chi connectivity index (χ1) is 20.7. The van der Waals surface area contributed by atoms with Gasteiger partial charge >= 0.3 is 5.97 Å². The third-order valence-corrected chi connectivity index (χ3v) is 10.1. The van der Waals surface area contributed by atoms with Crippen LogP contribution < -0.4 is 0 Å². The molecule has 0 amide bonds.